The normalized spacial score (nSPS) is 9.89. The molecule has 96 valence electrons. The molecule has 6 heteroatoms. The summed E-state index contributed by atoms with van der Waals surface area (Å²) in [6.07, 6.45) is 0.202. The van der Waals surface area contributed by atoms with Crippen LogP contribution in [0, 0.1) is 11.3 Å². The van der Waals surface area contributed by atoms with E-state index in [2.05, 4.69) is 10.3 Å². The number of nitrogens with two attached hydrogens (primary N) is 1. The van der Waals surface area contributed by atoms with Crippen LogP contribution in [-0.4, -0.2) is 10.9 Å². The van der Waals surface area contributed by atoms with Gasteiger partial charge in [0.05, 0.1) is 23.7 Å². The summed E-state index contributed by atoms with van der Waals surface area (Å²) in [7, 11) is 0. The SMILES string of the molecule is N#Cc1cccc(NC(=O)Cc2csc(CN)n2)c1. The van der Waals surface area contributed by atoms with E-state index in [1.165, 1.54) is 11.3 Å². The summed E-state index contributed by atoms with van der Waals surface area (Å²) in [5.74, 6) is -0.163. The fourth-order valence-electron chi connectivity index (χ4n) is 1.56. The second kappa shape index (κ2) is 6.09. The first-order chi connectivity index (χ1) is 9.21. The van der Waals surface area contributed by atoms with E-state index in [0.29, 0.717) is 23.5 Å². The van der Waals surface area contributed by atoms with Gasteiger partial charge in [-0.25, -0.2) is 4.98 Å². The van der Waals surface area contributed by atoms with Crippen molar-refractivity contribution in [3.05, 3.63) is 45.9 Å². The molecule has 0 radical (unpaired) electrons. The fourth-order valence-corrected chi connectivity index (χ4v) is 2.23. The van der Waals surface area contributed by atoms with E-state index in [0.717, 1.165) is 5.01 Å². The maximum absolute atomic E-state index is 11.8. The zero-order chi connectivity index (χ0) is 13.7. The van der Waals surface area contributed by atoms with Crippen molar-refractivity contribution in [3.8, 4) is 6.07 Å². The van der Waals surface area contributed by atoms with Crippen molar-refractivity contribution in [1.82, 2.24) is 4.98 Å². The second-order valence-electron chi connectivity index (χ2n) is 3.85. The summed E-state index contributed by atoms with van der Waals surface area (Å²) < 4.78 is 0. The second-order valence-corrected chi connectivity index (χ2v) is 4.80. The molecule has 0 saturated heterocycles. The predicted octanol–water partition coefficient (Wildman–Crippen LogP) is 1.65. The lowest BCUT2D eigenvalue weighted by atomic mass is 10.2. The average Bonchev–Trinajstić information content (AvgIpc) is 2.86. The molecule has 2 rings (SSSR count). The van der Waals surface area contributed by atoms with Gasteiger partial charge in [0.1, 0.15) is 5.01 Å². The minimum Gasteiger partial charge on any atom is -0.326 e. The van der Waals surface area contributed by atoms with Crippen LogP contribution < -0.4 is 11.1 Å². The summed E-state index contributed by atoms with van der Waals surface area (Å²) in [6.45, 7) is 0.385. The van der Waals surface area contributed by atoms with Crippen LogP contribution in [0.1, 0.15) is 16.3 Å². The number of nitriles is 1. The van der Waals surface area contributed by atoms with Crippen LogP contribution in [-0.2, 0) is 17.8 Å². The van der Waals surface area contributed by atoms with Crippen molar-refractivity contribution in [2.24, 2.45) is 5.73 Å². The van der Waals surface area contributed by atoms with Gasteiger partial charge in [0.25, 0.3) is 0 Å². The number of hydrogen-bond donors (Lipinski definition) is 2. The van der Waals surface area contributed by atoms with E-state index in [1.54, 1.807) is 24.3 Å². The molecule has 1 amide bonds. The third kappa shape index (κ3) is 3.61. The van der Waals surface area contributed by atoms with Gasteiger partial charge in [-0.2, -0.15) is 5.26 Å². The number of amides is 1. The highest BCUT2D eigenvalue weighted by atomic mass is 32.1. The van der Waals surface area contributed by atoms with Crippen molar-refractivity contribution in [1.29, 1.82) is 5.26 Å². The van der Waals surface area contributed by atoms with Gasteiger partial charge in [-0.05, 0) is 18.2 Å². The molecule has 0 aliphatic rings. The molecule has 0 fully saturated rings. The lowest BCUT2D eigenvalue weighted by molar-refractivity contribution is -0.115. The highest BCUT2D eigenvalue weighted by Gasteiger charge is 2.07. The van der Waals surface area contributed by atoms with Crippen LogP contribution in [0.3, 0.4) is 0 Å². The molecule has 2 aromatic rings. The molecular formula is C13H12N4OS. The Balaban J connectivity index is 1.99. The Bertz CT molecular complexity index is 630. The number of benzene rings is 1. The largest absolute Gasteiger partial charge is 0.326 e. The highest BCUT2D eigenvalue weighted by molar-refractivity contribution is 7.09. The number of nitrogens with zero attached hydrogens (tertiary/aromatic N) is 2. The number of thiazole rings is 1. The third-order valence-electron chi connectivity index (χ3n) is 2.39. The van der Waals surface area contributed by atoms with Gasteiger partial charge in [0.15, 0.2) is 0 Å². The molecule has 1 aromatic carbocycles. The molecule has 0 spiro atoms. The van der Waals surface area contributed by atoms with Gasteiger partial charge in [-0.3, -0.25) is 4.79 Å². The Morgan fingerprint density at radius 2 is 2.37 bits per heavy atom. The molecule has 0 bridgehead atoms. The Labute approximate surface area is 114 Å². The lowest BCUT2D eigenvalue weighted by Gasteiger charge is -2.03. The van der Waals surface area contributed by atoms with Gasteiger partial charge < -0.3 is 11.1 Å². The van der Waals surface area contributed by atoms with E-state index < -0.39 is 0 Å². The number of aromatic nitrogens is 1. The maximum atomic E-state index is 11.8. The first-order valence-electron chi connectivity index (χ1n) is 5.64. The molecule has 1 heterocycles. The maximum Gasteiger partial charge on any atom is 0.230 e. The van der Waals surface area contributed by atoms with Crippen LogP contribution in [0.4, 0.5) is 5.69 Å². The van der Waals surface area contributed by atoms with Crippen LogP contribution in [0.2, 0.25) is 0 Å². The van der Waals surface area contributed by atoms with Crippen molar-refractivity contribution < 1.29 is 4.79 Å². The molecule has 0 atom stereocenters. The molecule has 5 nitrogen and oxygen atoms in total. The van der Waals surface area contributed by atoms with Crippen molar-refractivity contribution in [2.45, 2.75) is 13.0 Å². The molecule has 3 N–H and O–H groups in total. The van der Waals surface area contributed by atoms with Crippen molar-refractivity contribution in [2.75, 3.05) is 5.32 Å². The average molecular weight is 272 g/mol. The first kappa shape index (κ1) is 13.2. The Kier molecular flexibility index (Phi) is 4.23. The van der Waals surface area contributed by atoms with Crippen LogP contribution >= 0.6 is 11.3 Å². The number of rotatable bonds is 4. The molecule has 0 aliphatic carbocycles. The van der Waals surface area contributed by atoms with Gasteiger partial charge in [-0.1, -0.05) is 6.07 Å². The Morgan fingerprint density at radius 1 is 1.53 bits per heavy atom. The summed E-state index contributed by atoms with van der Waals surface area (Å²) in [5, 5.41) is 14.2. The molecule has 0 aliphatic heterocycles. The summed E-state index contributed by atoms with van der Waals surface area (Å²) in [5.41, 5.74) is 7.29. The standard InChI is InChI=1S/C13H12N4OS/c14-6-9-2-1-3-10(4-9)16-12(18)5-11-8-19-13(7-15)17-11/h1-4,8H,5,7,15H2,(H,16,18). The quantitative estimate of drug-likeness (QED) is 0.885. The van der Waals surface area contributed by atoms with Gasteiger partial charge in [-0.15, -0.1) is 11.3 Å². The Hall–Kier alpha value is -2.23. The number of anilines is 1. The number of hydrogen-bond acceptors (Lipinski definition) is 5. The first-order valence-corrected chi connectivity index (χ1v) is 6.52. The van der Waals surface area contributed by atoms with E-state index in [-0.39, 0.29) is 12.3 Å². The van der Waals surface area contributed by atoms with Gasteiger partial charge >= 0.3 is 0 Å². The number of nitrogens with one attached hydrogen (secondary N) is 1. The zero-order valence-electron chi connectivity index (χ0n) is 10.1. The number of carbonyl (C=O) groups is 1. The highest BCUT2D eigenvalue weighted by Crippen LogP contribution is 2.12. The van der Waals surface area contributed by atoms with Crippen molar-refractivity contribution in [3.63, 3.8) is 0 Å². The van der Waals surface area contributed by atoms with Gasteiger partial charge in [0, 0.05) is 17.6 Å². The van der Waals surface area contributed by atoms with Crippen LogP contribution in [0.5, 0.6) is 0 Å². The third-order valence-corrected chi connectivity index (χ3v) is 3.31. The van der Waals surface area contributed by atoms with E-state index in [1.807, 2.05) is 11.4 Å². The molecule has 0 unspecified atom stereocenters. The molecule has 0 saturated carbocycles. The smallest absolute Gasteiger partial charge is 0.230 e. The molecule has 19 heavy (non-hydrogen) atoms. The van der Waals surface area contributed by atoms with Crippen LogP contribution in [0.25, 0.3) is 0 Å². The minimum absolute atomic E-state index is 0.163. The monoisotopic (exact) mass is 272 g/mol. The molecular weight excluding hydrogens is 260 g/mol. The van der Waals surface area contributed by atoms with E-state index in [9.17, 15) is 4.79 Å². The van der Waals surface area contributed by atoms with Crippen molar-refractivity contribution >= 4 is 22.9 Å². The predicted molar refractivity (Wildman–Crippen MR) is 73.5 cm³/mol. The fraction of sp³-hybridized carbons (Fsp3) is 0.154. The Morgan fingerprint density at radius 3 is 3.05 bits per heavy atom. The number of carbonyl (C=O) groups excluding carboxylic acids is 1. The minimum atomic E-state index is -0.163. The van der Waals surface area contributed by atoms with E-state index >= 15 is 0 Å². The lowest BCUT2D eigenvalue weighted by Crippen LogP contribution is -2.14. The molecule has 1 aromatic heterocycles. The topological polar surface area (TPSA) is 91.8 Å². The summed E-state index contributed by atoms with van der Waals surface area (Å²) >= 11 is 1.44. The van der Waals surface area contributed by atoms with Gasteiger partial charge in [0.2, 0.25) is 5.91 Å². The van der Waals surface area contributed by atoms with Crippen LogP contribution in [0.15, 0.2) is 29.6 Å². The summed E-state index contributed by atoms with van der Waals surface area (Å²) in [6, 6.07) is 8.81. The zero-order valence-corrected chi connectivity index (χ0v) is 10.9. The summed E-state index contributed by atoms with van der Waals surface area (Å²) in [4.78, 5) is 16.0. The van der Waals surface area contributed by atoms with E-state index in [4.69, 9.17) is 11.0 Å².